The van der Waals surface area contributed by atoms with Gasteiger partial charge in [0.05, 0.1) is 25.7 Å². The molecule has 2 aliphatic rings. The molecule has 2 aromatic carbocycles. The molecule has 33 heavy (non-hydrogen) atoms. The van der Waals surface area contributed by atoms with Crippen molar-refractivity contribution in [3.63, 3.8) is 0 Å². The molecule has 2 saturated heterocycles. The molecule has 2 aromatic rings. The number of amides is 2. The molecule has 2 amide bonds. The zero-order chi connectivity index (χ0) is 23.3. The second-order valence-electron chi connectivity index (χ2n) is 8.21. The van der Waals surface area contributed by atoms with Gasteiger partial charge in [-0.2, -0.15) is 0 Å². The van der Waals surface area contributed by atoms with Crippen LogP contribution >= 0.6 is 11.8 Å². The Kier molecular flexibility index (Phi) is 7.45. The maximum atomic E-state index is 13.4. The number of hydrogen-bond acceptors (Lipinski definition) is 6. The molecule has 4 rings (SSSR count). The van der Waals surface area contributed by atoms with Crippen molar-refractivity contribution in [1.29, 1.82) is 0 Å². The number of ether oxygens (including phenoxy) is 3. The van der Waals surface area contributed by atoms with Gasteiger partial charge in [0.2, 0.25) is 5.91 Å². The summed E-state index contributed by atoms with van der Waals surface area (Å²) in [7, 11) is 3.15. The lowest BCUT2D eigenvalue weighted by atomic mass is 10.0. The highest BCUT2D eigenvalue weighted by Crippen LogP contribution is 2.44. The van der Waals surface area contributed by atoms with Crippen molar-refractivity contribution in [2.45, 2.75) is 24.3 Å². The molecular formula is C25H30N2O5S. The fourth-order valence-corrected chi connectivity index (χ4v) is 5.88. The molecule has 2 fully saturated rings. The fourth-order valence-electron chi connectivity index (χ4n) is 4.42. The number of carbonyl (C=O) groups excluding carboxylic acids is 2. The van der Waals surface area contributed by atoms with Crippen molar-refractivity contribution in [2.24, 2.45) is 0 Å². The molecule has 7 nitrogen and oxygen atoms in total. The first kappa shape index (κ1) is 23.4. The van der Waals surface area contributed by atoms with E-state index >= 15 is 0 Å². The number of thioether (sulfide) groups is 1. The van der Waals surface area contributed by atoms with Crippen LogP contribution in [0.3, 0.4) is 0 Å². The molecule has 0 saturated carbocycles. The lowest BCUT2D eigenvalue weighted by molar-refractivity contribution is -0.138. The third-order valence-corrected chi connectivity index (χ3v) is 7.81. The minimum absolute atomic E-state index is 0.000753. The van der Waals surface area contributed by atoms with Gasteiger partial charge in [-0.15, -0.1) is 11.8 Å². The molecule has 0 aliphatic carbocycles. The quantitative estimate of drug-likeness (QED) is 0.618. The second kappa shape index (κ2) is 10.5. The number of rotatable bonds is 7. The van der Waals surface area contributed by atoms with E-state index in [9.17, 15) is 9.59 Å². The van der Waals surface area contributed by atoms with Gasteiger partial charge in [-0.3, -0.25) is 9.59 Å². The molecule has 0 bridgehead atoms. The van der Waals surface area contributed by atoms with Gasteiger partial charge in [-0.25, -0.2) is 0 Å². The van der Waals surface area contributed by atoms with E-state index in [1.807, 2.05) is 51.9 Å². The number of piperidine rings is 1. The predicted octanol–water partition coefficient (Wildman–Crippen LogP) is 3.43. The second-order valence-corrected chi connectivity index (χ2v) is 9.67. The van der Waals surface area contributed by atoms with Crippen LogP contribution in [0.4, 0.5) is 0 Å². The summed E-state index contributed by atoms with van der Waals surface area (Å²) in [4.78, 5) is 29.6. The van der Waals surface area contributed by atoms with Crippen LogP contribution in [0.15, 0.2) is 48.5 Å². The van der Waals surface area contributed by atoms with Crippen LogP contribution in [0, 0.1) is 0 Å². The van der Waals surface area contributed by atoms with Gasteiger partial charge in [-0.1, -0.05) is 30.3 Å². The molecule has 1 spiro atoms. The number of likely N-dealkylation sites (tertiary alicyclic amines) is 1. The van der Waals surface area contributed by atoms with Gasteiger partial charge in [0.15, 0.2) is 0 Å². The minimum Gasteiger partial charge on any atom is -0.497 e. The Bertz CT molecular complexity index is 954. The van der Waals surface area contributed by atoms with E-state index in [2.05, 4.69) is 0 Å². The summed E-state index contributed by atoms with van der Waals surface area (Å²) >= 11 is 1.82. The zero-order valence-electron chi connectivity index (χ0n) is 19.1. The maximum Gasteiger partial charge on any atom is 0.255 e. The summed E-state index contributed by atoms with van der Waals surface area (Å²) in [6.07, 6.45) is 1.49. The van der Waals surface area contributed by atoms with Crippen LogP contribution in [-0.2, 0) is 16.1 Å². The summed E-state index contributed by atoms with van der Waals surface area (Å²) in [6, 6.07) is 15.1. The van der Waals surface area contributed by atoms with Crippen LogP contribution in [0.5, 0.6) is 11.5 Å². The summed E-state index contributed by atoms with van der Waals surface area (Å²) in [5, 5.41) is 0. The number of methoxy groups -OCH3 is 2. The Morgan fingerprint density at radius 1 is 0.970 bits per heavy atom. The molecule has 176 valence electrons. The number of nitrogens with zero attached hydrogens (tertiary/aromatic N) is 2. The van der Waals surface area contributed by atoms with Crippen molar-refractivity contribution >= 4 is 23.6 Å². The van der Waals surface area contributed by atoms with Crippen molar-refractivity contribution < 1.29 is 23.8 Å². The molecule has 2 heterocycles. The summed E-state index contributed by atoms with van der Waals surface area (Å²) < 4.78 is 16.3. The molecular weight excluding hydrogens is 440 g/mol. The van der Waals surface area contributed by atoms with Crippen molar-refractivity contribution in [3.8, 4) is 11.5 Å². The summed E-state index contributed by atoms with van der Waals surface area (Å²) in [6.45, 7) is 2.42. The van der Waals surface area contributed by atoms with E-state index < -0.39 is 0 Å². The molecule has 0 unspecified atom stereocenters. The summed E-state index contributed by atoms with van der Waals surface area (Å²) in [5.74, 6) is 2.05. The topological polar surface area (TPSA) is 68.3 Å². The minimum atomic E-state index is -0.283. The van der Waals surface area contributed by atoms with E-state index in [-0.39, 0.29) is 23.3 Å². The van der Waals surface area contributed by atoms with E-state index in [0.29, 0.717) is 43.3 Å². The molecule has 0 N–H and O–H groups in total. The highest BCUT2D eigenvalue weighted by Gasteiger charge is 2.47. The predicted molar refractivity (Wildman–Crippen MR) is 128 cm³/mol. The number of benzene rings is 2. The standard InChI is InChI=1S/C25H30N2O5S/c1-30-21-14-20(15-22(16-21)31-2)24(29)27-12-13-33-25(27)8-10-26(11-9-25)23(28)18-32-17-19-6-4-3-5-7-19/h3-7,14-16H,8-13,17-18H2,1-2H3. The Morgan fingerprint density at radius 2 is 1.64 bits per heavy atom. The molecule has 0 radical (unpaired) electrons. The normalized spacial score (nSPS) is 17.3. The first-order chi connectivity index (χ1) is 16.0. The van der Waals surface area contributed by atoms with E-state index in [1.54, 1.807) is 32.4 Å². The maximum absolute atomic E-state index is 13.4. The van der Waals surface area contributed by atoms with Crippen LogP contribution in [-0.4, -0.2) is 72.7 Å². The summed E-state index contributed by atoms with van der Waals surface area (Å²) in [5.41, 5.74) is 1.61. The van der Waals surface area contributed by atoms with E-state index in [1.165, 1.54) is 0 Å². The molecule has 0 atom stereocenters. The lowest BCUT2D eigenvalue weighted by Gasteiger charge is -2.44. The Balaban J connectivity index is 1.36. The van der Waals surface area contributed by atoms with Gasteiger partial charge in [0.25, 0.3) is 5.91 Å². The van der Waals surface area contributed by atoms with E-state index in [4.69, 9.17) is 14.2 Å². The third kappa shape index (κ3) is 5.28. The van der Waals surface area contributed by atoms with E-state index in [0.717, 1.165) is 24.2 Å². The van der Waals surface area contributed by atoms with Gasteiger partial charge in [0, 0.05) is 37.0 Å². The largest absolute Gasteiger partial charge is 0.497 e. The number of hydrogen-bond donors (Lipinski definition) is 0. The zero-order valence-corrected chi connectivity index (χ0v) is 19.9. The number of carbonyl (C=O) groups is 2. The molecule has 0 aromatic heterocycles. The smallest absolute Gasteiger partial charge is 0.255 e. The first-order valence-electron chi connectivity index (χ1n) is 11.1. The SMILES string of the molecule is COc1cc(OC)cc(C(=O)N2CCSC23CCN(C(=O)COCc2ccccc2)CC3)c1. The average molecular weight is 471 g/mol. The molecule has 8 heteroatoms. The van der Waals surface area contributed by atoms with Crippen LogP contribution in [0.25, 0.3) is 0 Å². The van der Waals surface area contributed by atoms with Gasteiger partial charge >= 0.3 is 0 Å². The van der Waals surface area contributed by atoms with Crippen molar-refractivity contribution in [3.05, 3.63) is 59.7 Å². The lowest BCUT2D eigenvalue weighted by Crippen LogP contribution is -2.54. The monoisotopic (exact) mass is 470 g/mol. The Labute approximate surface area is 199 Å². The average Bonchev–Trinajstić information content (AvgIpc) is 3.26. The third-order valence-electron chi connectivity index (χ3n) is 6.26. The first-order valence-corrected chi connectivity index (χ1v) is 12.1. The highest BCUT2D eigenvalue weighted by atomic mass is 32.2. The van der Waals surface area contributed by atoms with Crippen LogP contribution in [0.1, 0.15) is 28.8 Å². The van der Waals surface area contributed by atoms with Crippen LogP contribution < -0.4 is 9.47 Å². The fraction of sp³-hybridized carbons (Fsp3) is 0.440. The Morgan fingerprint density at radius 3 is 2.27 bits per heavy atom. The van der Waals surface area contributed by atoms with Gasteiger partial charge in [0.1, 0.15) is 18.1 Å². The van der Waals surface area contributed by atoms with Gasteiger partial charge in [-0.05, 0) is 30.5 Å². The van der Waals surface area contributed by atoms with Crippen molar-refractivity contribution in [2.75, 3.05) is 46.2 Å². The molecule has 2 aliphatic heterocycles. The highest BCUT2D eigenvalue weighted by molar-refractivity contribution is 8.00. The Hall–Kier alpha value is -2.71. The van der Waals surface area contributed by atoms with Crippen molar-refractivity contribution in [1.82, 2.24) is 9.80 Å². The van der Waals surface area contributed by atoms with Crippen LogP contribution in [0.2, 0.25) is 0 Å². The van der Waals surface area contributed by atoms with Gasteiger partial charge < -0.3 is 24.0 Å².